The summed E-state index contributed by atoms with van der Waals surface area (Å²) in [5, 5.41) is 0. The van der Waals surface area contributed by atoms with E-state index in [1.807, 2.05) is 0 Å². The lowest BCUT2D eigenvalue weighted by Gasteiger charge is -2.43. The van der Waals surface area contributed by atoms with Crippen LogP contribution in [-0.2, 0) is 0 Å². The van der Waals surface area contributed by atoms with Gasteiger partial charge in [0.25, 0.3) is 0 Å². The fraction of sp³-hybridized carbons (Fsp3) is 1.00. The van der Waals surface area contributed by atoms with Crippen LogP contribution in [0.4, 0.5) is 0 Å². The molecule has 0 N–H and O–H groups in total. The number of unbranched alkanes of at least 4 members (excludes halogenated alkanes) is 1. The summed E-state index contributed by atoms with van der Waals surface area (Å²) >= 11 is 0. The summed E-state index contributed by atoms with van der Waals surface area (Å²) in [6, 6.07) is 1.26. The summed E-state index contributed by atoms with van der Waals surface area (Å²) in [6.45, 7) is 26.1. The van der Waals surface area contributed by atoms with Gasteiger partial charge in [0, 0.05) is 30.7 Å². The van der Waals surface area contributed by atoms with Crippen LogP contribution < -0.4 is 0 Å². The maximum atomic E-state index is 2.76. The van der Waals surface area contributed by atoms with E-state index in [1.54, 1.807) is 0 Å². The normalized spacial score (nSPS) is 15.8. The zero-order valence-electron chi connectivity index (χ0n) is 20.9. The molecule has 2 atom stereocenters. The summed E-state index contributed by atoms with van der Waals surface area (Å²) in [4.78, 5) is 7.84. The number of hydrogen-bond donors (Lipinski definition) is 0. The molecular weight excluding hydrogens is 330 g/mol. The van der Waals surface area contributed by atoms with Gasteiger partial charge in [-0.1, -0.05) is 41.0 Å². The van der Waals surface area contributed by atoms with Crippen molar-refractivity contribution >= 4 is 0 Å². The van der Waals surface area contributed by atoms with E-state index in [9.17, 15) is 0 Å². The highest BCUT2D eigenvalue weighted by Crippen LogP contribution is 2.25. The van der Waals surface area contributed by atoms with Gasteiger partial charge >= 0.3 is 0 Å². The molecule has 0 aromatic rings. The van der Waals surface area contributed by atoms with Crippen LogP contribution in [0.1, 0.15) is 94.4 Å². The Morgan fingerprint density at radius 3 is 1.67 bits per heavy atom. The highest BCUT2D eigenvalue weighted by atomic mass is 15.2. The average molecular weight is 384 g/mol. The van der Waals surface area contributed by atoms with Gasteiger partial charge in [0.15, 0.2) is 0 Å². The molecule has 0 saturated carbocycles. The Morgan fingerprint density at radius 1 is 0.667 bits per heavy atom. The van der Waals surface area contributed by atoms with Crippen LogP contribution in [-0.4, -0.2) is 72.6 Å². The zero-order valence-corrected chi connectivity index (χ0v) is 20.9. The van der Waals surface area contributed by atoms with E-state index in [0.29, 0.717) is 17.5 Å². The van der Waals surface area contributed by atoms with Crippen molar-refractivity contribution in [1.29, 1.82) is 0 Å². The summed E-state index contributed by atoms with van der Waals surface area (Å²) < 4.78 is 0. The third-order valence-electron chi connectivity index (χ3n) is 6.14. The monoisotopic (exact) mass is 383 g/mol. The number of rotatable bonds is 14. The smallest absolute Gasteiger partial charge is 0.0168 e. The average Bonchev–Trinajstić information content (AvgIpc) is 2.52. The van der Waals surface area contributed by atoms with Crippen LogP contribution in [0.3, 0.4) is 0 Å². The second kappa shape index (κ2) is 12.4. The van der Waals surface area contributed by atoms with E-state index in [2.05, 4.69) is 91.1 Å². The van der Waals surface area contributed by atoms with Crippen molar-refractivity contribution in [3.05, 3.63) is 0 Å². The minimum Gasteiger partial charge on any atom is -0.304 e. The van der Waals surface area contributed by atoms with Crippen LogP contribution in [0.2, 0.25) is 0 Å². The predicted molar refractivity (Wildman–Crippen MR) is 124 cm³/mol. The molecule has 0 aliphatic rings. The zero-order chi connectivity index (χ0) is 21.3. The first-order valence-electron chi connectivity index (χ1n) is 11.5. The Balaban J connectivity index is 4.88. The highest BCUT2D eigenvalue weighted by molar-refractivity contribution is 4.87. The Labute approximate surface area is 172 Å². The third-order valence-corrected chi connectivity index (χ3v) is 6.14. The first kappa shape index (κ1) is 26.9. The fourth-order valence-electron chi connectivity index (χ4n) is 4.19. The quantitative estimate of drug-likeness (QED) is 0.378. The standard InChI is InChI=1S/C24H53N3/c1-12-14-16-27(18-17-26(11)21(3)19-23(5,6)7)24(8,9)20-22(4)25(10)15-13-2/h21-22H,12-20H2,1-11H3. The van der Waals surface area contributed by atoms with E-state index >= 15 is 0 Å². The maximum Gasteiger partial charge on any atom is 0.0168 e. The Kier molecular flexibility index (Phi) is 12.4. The second-order valence-electron chi connectivity index (χ2n) is 10.8. The molecule has 2 unspecified atom stereocenters. The van der Waals surface area contributed by atoms with Crippen LogP contribution in [0.5, 0.6) is 0 Å². The van der Waals surface area contributed by atoms with Gasteiger partial charge in [0.2, 0.25) is 0 Å². The number of nitrogens with zero attached hydrogens (tertiary/aromatic N) is 3. The summed E-state index contributed by atoms with van der Waals surface area (Å²) in [5.74, 6) is 0. The van der Waals surface area contributed by atoms with Gasteiger partial charge in [-0.25, -0.2) is 0 Å². The van der Waals surface area contributed by atoms with Crippen molar-refractivity contribution in [2.24, 2.45) is 5.41 Å². The summed E-state index contributed by atoms with van der Waals surface area (Å²) in [6.07, 6.45) is 6.28. The van der Waals surface area contributed by atoms with Gasteiger partial charge in [-0.2, -0.15) is 0 Å². The predicted octanol–water partition coefficient (Wildman–Crippen LogP) is 5.74. The Morgan fingerprint density at radius 2 is 1.19 bits per heavy atom. The van der Waals surface area contributed by atoms with Crippen molar-refractivity contribution < 1.29 is 0 Å². The van der Waals surface area contributed by atoms with Crippen LogP contribution in [0.25, 0.3) is 0 Å². The largest absolute Gasteiger partial charge is 0.304 e. The van der Waals surface area contributed by atoms with Crippen molar-refractivity contribution in [3.63, 3.8) is 0 Å². The number of likely N-dealkylation sites (N-methyl/N-ethyl adjacent to an activating group) is 1. The minimum atomic E-state index is 0.241. The topological polar surface area (TPSA) is 9.72 Å². The van der Waals surface area contributed by atoms with Gasteiger partial charge in [0.1, 0.15) is 0 Å². The molecular formula is C24H53N3. The van der Waals surface area contributed by atoms with Gasteiger partial charge in [-0.15, -0.1) is 0 Å². The Hall–Kier alpha value is -0.120. The van der Waals surface area contributed by atoms with Crippen LogP contribution in [0, 0.1) is 5.41 Å². The van der Waals surface area contributed by atoms with Crippen molar-refractivity contribution in [1.82, 2.24) is 14.7 Å². The lowest BCUT2D eigenvalue weighted by molar-refractivity contribution is 0.0638. The molecule has 164 valence electrons. The van der Waals surface area contributed by atoms with E-state index < -0.39 is 0 Å². The molecule has 0 radical (unpaired) electrons. The molecule has 0 aromatic heterocycles. The molecule has 0 amide bonds. The fourth-order valence-corrected chi connectivity index (χ4v) is 4.19. The molecule has 0 fully saturated rings. The molecule has 3 nitrogen and oxygen atoms in total. The van der Waals surface area contributed by atoms with E-state index in [-0.39, 0.29) is 5.54 Å². The molecule has 0 saturated heterocycles. The Bertz CT molecular complexity index is 372. The summed E-state index contributed by atoms with van der Waals surface area (Å²) in [7, 11) is 4.58. The van der Waals surface area contributed by atoms with Crippen molar-refractivity contribution in [2.75, 3.05) is 40.3 Å². The molecule has 0 rings (SSSR count). The molecule has 0 spiro atoms. The molecule has 27 heavy (non-hydrogen) atoms. The molecule has 0 aromatic carbocycles. The molecule has 0 aliphatic heterocycles. The maximum absolute atomic E-state index is 2.76. The van der Waals surface area contributed by atoms with Crippen molar-refractivity contribution in [2.45, 2.75) is 112 Å². The lowest BCUT2D eigenvalue weighted by atomic mass is 9.88. The SMILES string of the molecule is CCCCN(CCN(C)C(C)CC(C)(C)C)C(C)(C)CC(C)N(C)CCC. The van der Waals surface area contributed by atoms with Gasteiger partial charge in [-0.3, -0.25) is 4.90 Å². The molecule has 0 bridgehead atoms. The molecule has 3 heteroatoms. The first-order chi connectivity index (χ1) is 12.3. The van der Waals surface area contributed by atoms with E-state index in [0.717, 1.165) is 6.54 Å². The van der Waals surface area contributed by atoms with Crippen LogP contribution in [0.15, 0.2) is 0 Å². The van der Waals surface area contributed by atoms with Gasteiger partial charge in [0.05, 0.1) is 0 Å². The lowest BCUT2D eigenvalue weighted by Crippen LogP contribution is -2.51. The highest BCUT2D eigenvalue weighted by Gasteiger charge is 2.30. The van der Waals surface area contributed by atoms with E-state index in [1.165, 1.54) is 51.7 Å². The van der Waals surface area contributed by atoms with E-state index in [4.69, 9.17) is 0 Å². The number of hydrogen-bond acceptors (Lipinski definition) is 3. The minimum absolute atomic E-state index is 0.241. The summed E-state index contributed by atoms with van der Waals surface area (Å²) in [5.41, 5.74) is 0.638. The van der Waals surface area contributed by atoms with Crippen LogP contribution >= 0.6 is 0 Å². The third kappa shape index (κ3) is 11.5. The van der Waals surface area contributed by atoms with Crippen molar-refractivity contribution in [3.8, 4) is 0 Å². The van der Waals surface area contributed by atoms with Gasteiger partial charge in [-0.05, 0) is 86.0 Å². The molecule has 0 heterocycles. The first-order valence-corrected chi connectivity index (χ1v) is 11.5. The molecule has 0 aliphatic carbocycles. The second-order valence-corrected chi connectivity index (χ2v) is 10.8. The van der Waals surface area contributed by atoms with Gasteiger partial charge < -0.3 is 9.80 Å².